The van der Waals surface area contributed by atoms with E-state index in [9.17, 15) is 5.11 Å². The summed E-state index contributed by atoms with van der Waals surface area (Å²) in [5.41, 5.74) is 8.33. The van der Waals surface area contributed by atoms with Crippen molar-refractivity contribution in [3.8, 4) is 5.75 Å². The van der Waals surface area contributed by atoms with E-state index in [2.05, 4.69) is 42.3 Å². The number of benzene rings is 2. The maximum atomic E-state index is 10.1. The maximum absolute atomic E-state index is 10.1. The quantitative estimate of drug-likeness (QED) is 0.660. The lowest BCUT2D eigenvalue weighted by Gasteiger charge is -2.52. The van der Waals surface area contributed by atoms with E-state index < -0.39 is 0 Å². The molecule has 0 radical (unpaired) electrons. The standard InChI is InChI=1S/C24H25NO/c1-25-21-5-3-2-4-19(21)24(20-7-6-18(26)13-22(20)25)23-16-9-14-8-15(11-16)12-17(23)10-14/h2-7,13-17,26H,8-12H2,1H3. The smallest absolute Gasteiger partial charge is 0.117 e. The van der Waals surface area contributed by atoms with Crippen molar-refractivity contribution in [3.05, 3.63) is 59.2 Å². The average Bonchev–Trinajstić information content (AvgIpc) is 2.63. The van der Waals surface area contributed by atoms with Gasteiger partial charge in [-0.15, -0.1) is 0 Å². The summed E-state index contributed by atoms with van der Waals surface area (Å²) in [6.07, 6.45) is 7.09. The normalized spacial score (nSPS) is 31.2. The molecule has 0 unspecified atom stereocenters. The van der Waals surface area contributed by atoms with Crippen LogP contribution in [0.1, 0.15) is 43.2 Å². The van der Waals surface area contributed by atoms with E-state index in [0.717, 1.165) is 29.4 Å². The summed E-state index contributed by atoms with van der Waals surface area (Å²) in [5, 5.41) is 10.1. The lowest BCUT2D eigenvalue weighted by atomic mass is 9.53. The molecule has 0 saturated heterocycles. The van der Waals surface area contributed by atoms with Crippen molar-refractivity contribution in [3.63, 3.8) is 0 Å². The van der Waals surface area contributed by atoms with Gasteiger partial charge in [-0.3, -0.25) is 0 Å². The van der Waals surface area contributed by atoms with Crippen LogP contribution in [0.4, 0.5) is 11.4 Å². The van der Waals surface area contributed by atoms with Crippen LogP contribution in [0.3, 0.4) is 0 Å². The van der Waals surface area contributed by atoms with Gasteiger partial charge in [-0.05, 0) is 79.5 Å². The molecule has 0 amide bonds. The van der Waals surface area contributed by atoms with Gasteiger partial charge >= 0.3 is 0 Å². The zero-order chi connectivity index (χ0) is 17.4. The molecular weight excluding hydrogens is 318 g/mol. The molecule has 1 heterocycles. The largest absolute Gasteiger partial charge is 0.508 e. The Morgan fingerprint density at radius 3 is 2.19 bits per heavy atom. The Kier molecular flexibility index (Phi) is 2.95. The van der Waals surface area contributed by atoms with Crippen LogP contribution >= 0.6 is 0 Å². The summed E-state index contributed by atoms with van der Waals surface area (Å²) in [4.78, 5) is 2.24. The predicted molar refractivity (Wildman–Crippen MR) is 106 cm³/mol. The second kappa shape index (κ2) is 5.16. The Morgan fingerprint density at radius 2 is 1.46 bits per heavy atom. The number of anilines is 2. The first-order valence-corrected chi connectivity index (χ1v) is 10.1. The number of hydrogen-bond acceptors (Lipinski definition) is 2. The molecule has 1 aliphatic heterocycles. The number of phenolic OH excluding ortho intramolecular Hbond substituents is 1. The van der Waals surface area contributed by atoms with Crippen LogP contribution in [0.25, 0.3) is 5.57 Å². The van der Waals surface area contributed by atoms with Crippen LogP contribution < -0.4 is 4.90 Å². The van der Waals surface area contributed by atoms with Crippen LogP contribution in [0.15, 0.2) is 48.0 Å². The first kappa shape index (κ1) is 14.9. The number of fused-ring (bicyclic) bond motifs is 2. The van der Waals surface area contributed by atoms with Gasteiger partial charge in [0.05, 0.1) is 5.69 Å². The van der Waals surface area contributed by atoms with Gasteiger partial charge in [0.15, 0.2) is 0 Å². The van der Waals surface area contributed by atoms with Crippen molar-refractivity contribution >= 4 is 16.9 Å². The molecule has 0 spiro atoms. The zero-order valence-electron chi connectivity index (χ0n) is 15.3. The number of nitrogens with zero attached hydrogens (tertiary/aromatic N) is 1. The Bertz CT molecular complexity index is 911. The van der Waals surface area contributed by atoms with Gasteiger partial charge in [0.2, 0.25) is 0 Å². The van der Waals surface area contributed by atoms with E-state index in [1.54, 1.807) is 5.57 Å². The van der Waals surface area contributed by atoms with Crippen molar-refractivity contribution in [2.45, 2.75) is 32.1 Å². The number of aromatic hydroxyl groups is 1. The third kappa shape index (κ3) is 1.93. The van der Waals surface area contributed by atoms with E-state index in [0.29, 0.717) is 5.75 Å². The molecule has 2 heteroatoms. The van der Waals surface area contributed by atoms with Crippen LogP contribution in [0.2, 0.25) is 0 Å². The molecule has 5 aliphatic rings. The molecule has 4 fully saturated rings. The first-order chi connectivity index (χ1) is 12.7. The highest BCUT2D eigenvalue weighted by atomic mass is 16.3. The fourth-order valence-electron chi connectivity index (χ4n) is 6.67. The fraction of sp³-hybridized carbons (Fsp3) is 0.417. The molecule has 4 saturated carbocycles. The van der Waals surface area contributed by atoms with Crippen molar-refractivity contribution < 1.29 is 5.11 Å². The van der Waals surface area contributed by atoms with Crippen LogP contribution in [-0.4, -0.2) is 12.2 Å². The Morgan fingerprint density at radius 1 is 0.808 bits per heavy atom. The predicted octanol–water partition coefficient (Wildman–Crippen LogP) is 5.73. The number of hydrogen-bond donors (Lipinski definition) is 1. The van der Waals surface area contributed by atoms with E-state index in [1.807, 2.05) is 12.1 Å². The van der Waals surface area contributed by atoms with Crippen LogP contribution in [0.5, 0.6) is 5.75 Å². The molecule has 1 N–H and O–H groups in total. The number of phenols is 1. The summed E-state index contributed by atoms with van der Waals surface area (Å²) in [7, 11) is 2.12. The van der Waals surface area contributed by atoms with Crippen molar-refractivity contribution in [2.75, 3.05) is 11.9 Å². The third-order valence-electron chi connectivity index (χ3n) is 7.45. The van der Waals surface area contributed by atoms with Gasteiger partial charge in [-0.2, -0.15) is 0 Å². The zero-order valence-corrected chi connectivity index (χ0v) is 15.3. The molecule has 26 heavy (non-hydrogen) atoms. The van der Waals surface area contributed by atoms with E-state index in [-0.39, 0.29) is 0 Å². The molecule has 132 valence electrons. The monoisotopic (exact) mass is 343 g/mol. The minimum atomic E-state index is 0.351. The van der Waals surface area contributed by atoms with Crippen molar-refractivity contribution in [2.24, 2.45) is 23.7 Å². The molecule has 7 rings (SSSR count). The van der Waals surface area contributed by atoms with Crippen LogP contribution in [0, 0.1) is 23.7 Å². The minimum absolute atomic E-state index is 0.351. The summed E-state index contributed by atoms with van der Waals surface area (Å²) < 4.78 is 0. The van der Waals surface area contributed by atoms with Crippen molar-refractivity contribution in [1.29, 1.82) is 0 Å². The molecule has 2 aromatic carbocycles. The molecule has 0 atom stereocenters. The Balaban J connectivity index is 1.65. The fourth-order valence-corrected chi connectivity index (χ4v) is 6.67. The lowest BCUT2D eigenvalue weighted by molar-refractivity contribution is 0.0705. The summed E-state index contributed by atoms with van der Waals surface area (Å²) >= 11 is 0. The third-order valence-corrected chi connectivity index (χ3v) is 7.45. The molecule has 2 nitrogen and oxygen atoms in total. The average molecular weight is 343 g/mol. The van der Waals surface area contributed by atoms with Crippen LogP contribution in [-0.2, 0) is 0 Å². The molecule has 2 aromatic rings. The Labute approximate surface area is 155 Å². The molecular formula is C24H25NO. The van der Waals surface area contributed by atoms with Crippen molar-refractivity contribution in [1.82, 2.24) is 0 Å². The number of rotatable bonds is 0. The summed E-state index contributed by atoms with van der Waals surface area (Å²) in [5.74, 6) is 3.86. The van der Waals surface area contributed by atoms with Gasteiger partial charge in [-0.25, -0.2) is 0 Å². The van der Waals surface area contributed by atoms with E-state index >= 15 is 0 Å². The summed E-state index contributed by atoms with van der Waals surface area (Å²) in [6.45, 7) is 0. The highest BCUT2D eigenvalue weighted by Crippen LogP contribution is 2.60. The summed E-state index contributed by atoms with van der Waals surface area (Å²) in [6, 6.07) is 14.8. The maximum Gasteiger partial charge on any atom is 0.117 e. The number of allylic oxidation sites excluding steroid dienone is 1. The second-order valence-corrected chi connectivity index (χ2v) is 8.91. The first-order valence-electron chi connectivity index (χ1n) is 10.1. The van der Waals surface area contributed by atoms with Gasteiger partial charge < -0.3 is 10.0 Å². The molecule has 4 bridgehead atoms. The molecule has 0 aromatic heterocycles. The molecule has 4 aliphatic carbocycles. The highest BCUT2D eigenvalue weighted by Gasteiger charge is 2.47. The SMILES string of the molecule is CN1c2ccccc2C(=C2C3CC4CC(C3)CC2C4)c2ccc(O)cc21. The highest BCUT2D eigenvalue weighted by molar-refractivity contribution is 5.99. The van der Waals surface area contributed by atoms with E-state index in [4.69, 9.17) is 0 Å². The minimum Gasteiger partial charge on any atom is -0.508 e. The van der Waals surface area contributed by atoms with Gasteiger partial charge in [0.1, 0.15) is 5.75 Å². The number of para-hydroxylation sites is 1. The van der Waals surface area contributed by atoms with E-state index in [1.165, 1.54) is 54.5 Å². The second-order valence-electron chi connectivity index (χ2n) is 8.91. The van der Waals surface area contributed by atoms with Gasteiger partial charge in [0.25, 0.3) is 0 Å². The van der Waals surface area contributed by atoms with Gasteiger partial charge in [0, 0.05) is 29.9 Å². The Hall–Kier alpha value is -2.22. The topological polar surface area (TPSA) is 23.5 Å². The van der Waals surface area contributed by atoms with Gasteiger partial charge in [-0.1, -0.05) is 23.8 Å². The lowest BCUT2D eigenvalue weighted by Crippen LogP contribution is -2.41.